The van der Waals surface area contributed by atoms with Crippen LogP contribution in [-0.2, 0) is 4.74 Å². The Kier molecular flexibility index (Phi) is 5.19. The molecule has 3 N–H and O–H groups in total. The van der Waals surface area contributed by atoms with Crippen molar-refractivity contribution in [3.05, 3.63) is 5.56 Å². The summed E-state index contributed by atoms with van der Waals surface area (Å²) in [7, 11) is 0. The lowest BCUT2D eigenvalue weighted by atomic mass is 10.2. The SMILES string of the molecule is CCOC(=O)c1c(N)nsc1N(CCO)C1CCCC1. The number of anilines is 2. The molecule has 0 unspecified atom stereocenters. The molecule has 0 saturated heterocycles. The first-order valence-electron chi connectivity index (χ1n) is 6.98. The van der Waals surface area contributed by atoms with Crippen LogP contribution in [0, 0.1) is 0 Å². The van der Waals surface area contributed by atoms with E-state index in [2.05, 4.69) is 9.27 Å². The van der Waals surface area contributed by atoms with Crippen molar-refractivity contribution in [1.82, 2.24) is 4.37 Å². The van der Waals surface area contributed by atoms with E-state index >= 15 is 0 Å². The molecule has 20 heavy (non-hydrogen) atoms. The highest BCUT2D eigenvalue weighted by molar-refractivity contribution is 7.11. The number of rotatable bonds is 6. The second kappa shape index (κ2) is 6.90. The number of carbonyl (C=O) groups excluding carboxylic acids is 1. The maximum absolute atomic E-state index is 12.0. The van der Waals surface area contributed by atoms with Crippen LogP contribution in [0.3, 0.4) is 0 Å². The topological polar surface area (TPSA) is 88.7 Å². The first-order valence-corrected chi connectivity index (χ1v) is 7.76. The molecule has 2 rings (SSSR count). The Morgan fingerprint density at radius 2 is 2.25 bits per heavy atom. The second-order valence-corrected chi connectivity index (χ2v) is 5.58. The highest BCUT2D eigenvalue weighted by Crippen LogP contribution is 2.36. The Bertz CT molecular complexity index is 458. The van der Waals surface area contributed by atoms with Crippen molar-refractivity contribution in [3.63, 3.8) is 0 Å². The van der Waals surface area contributed by atoms with Crippen LogP contribution in [0.4, 0.5) is 10.8 Å². The summed E-state index contributed by atoms with van der Waals surface area (Å²) in [4.78, 5) is 14.1. The maximum atomic E-state index is 12.0. The molecular formula is C13H21N3O3S. The Balaban J connectivity index is 2.30. The lowest BCUT2D eigenvalue weighted by Crippen LogP contribution is -2.36. The van der Waals surface area contributed by atoms with E-state index in [4.69, 9.17) is 10.5 Å². The zero-order valence-electron chi connectivity index (χ0n) is 11.7. The Morgan fingerprint density at radius 3 is 2.85 bits per heavy atom. The number of hydrogen-bond acceptors (Lipinski definition) is 7. The molecule has 1 aromatic rings. The fraction of sp³-hybridized carbons (Fsp3) is 0.692. The van der Waals surface area contributed by atoms with E-state index < -0.39 is 5.97 Å². The van der Waals surface area contributed by atoms with Gasteiger partial charge in [0.1, 0.15) is 10.6 Å². The summed E-state index contributed by atoms with van der Waals surface area (Å²) in [5, 5.41) is 10.0. The van der Waals surface area contributed by atoms with Crippen molar-refractivity contribution in [2.24, 2.45) is 0 Å². The average molecular weight is 299 g/mol. The van der Waals surface area contributed by atoms with Gasteiger partial charge in [-0.25, -0.2) is 4.79 Å². The molecule has 0 spiro atoms. The van der Waals surface area contributed by atoms with Gasteiger partial charge in [0.15, 0.2) is 5.82 Å². The van der Waals surface area contributed by atoms with E-state index in [1.807, 2.05) is 0 Å². The van der Waals surface area contributed by atoms with Gasteiger partial charge >= 0.3 is 5.97 Å². The first-order chi connectivity index (χ1) is 9.69. The lowest BCUT2D eigenvalue weighted by molar-refractivity contribution is 0.0528. The van der Waals surface area contributed by atoms with Gasteiger partial charge in [-0.15, -0.1) is 0 Å². The van der Waals surface area contributed by atoms with Crippen LogP contribution in [0.2, 0.25) is 0 Å². The highest BCUT2D eigenvalue weighted by atomic mass is 32.1. The van der Waals surface area contributed by atoms with Gasteiger partial charge in [0, 0.05) is 12.6 Å². The number of ether oxygens (including phenoxy) is 1. The number of nitrogens with zero attached hydrogens (tertiary/aromatic N) is 2. The van der Waals surface area contributed by atoms with Crippen LogP contribution in [-0.4, -0.2) is 41.2 Å². The minimum absolute atomic E-state index is 0.0383. The smallest absolute Gasteiger partial charge is 0.345 e. The monoisotopic (exact) mass is 299 g/mol. The van der Waals surface area contributed by atoms with Gasteiger partial charge in [0.25, 0.3) is 0 Å². The summed E-state index contributed by atoms with van der Waals surface area (Å²) in [6, 6.07) is 0.343. The summed E-state index contributed by atoms with van der Waals surface area (Å²) < 4.78 is 9.15. The number of aromatic nitrogens is 1. The number of nitrogens with two attached hydrogens (primary N) is 1. The van der Waals surface area contributed by atoms with Crippen LogP contribution in [0.5, 0.6) is 0 Å². The van der Waals surface area contributed by atoms with Gasteiger partial charge in [-0.3, -0.25) is 0 Å². The highest BCUT2D eigenvalue weighted by Gasteiger charge is 2.30. The number of hydrogen-bond donors (Lipinski definition) is 2. The van der Waals surface area contributed by atoms with Crippen molar-refractivity contribution in [2.75, 3.05) is 30.4 Å². The van der Waals surface area contributed by atoms with Crippen LogP contribution in [0.15, 0.2) is 0 Å². The molecule has 0 aromatic carbocycles. The molecule has 0 radical (unpaired) electrons. The molecule has 0 atom stereocenters. The second-order valence-electron chi connectivity index (χ2n) is 4.82. The molecule has 1 aliphatic carbocycles. The first kappa shape index (κ1) is 15.1. The van der Waals surface area contributed by atoms with Gasteiger partial charge < -0.3 is 20.5 Å². The van der Waals surface area contributed by atoms with E-state index in [0.29, 0.717) is 24.8 Å². The number of aliphatic hydroxyl groups is 1. The molecule has 1 fully saturated rings. The van der Waals surface area contributed by atoms with Crippen molar-refractivity contribution >= 4 is 28.3 Å². The third kappa shape index (κ3) is 3.04. The van der Waals surface area contributed by atoms with Crippen molar-refractivity contribution in [3.8, 4) is 0 Å². The third-order valence-electron chi connectivity index (χ3n) is 3.55. The number of aliphatic hydroxyl groups excluding tert-OH is 1. The van der Waals surface area contributed by atoms with Crippen molar-refractivity contribution in [2.45, 2.75) is 38.6 Å². The van der Waals surface area contributed by atoms with Crippen LogP contribution in [0.25, 0.3) is 0 Å². The quantitative estimate of drug-likeness (QED) is 0.776. The van der Waals surface area contributed by atoms with E-state index in [9.17, 15) is 9.90 Å². The van der Waals surface area contributed by atoms with E-state index in [0.717, 1.165) is 17.8 Å². The molecule has 6 nitrogen and oxygen atoms in total. The molecular weight excluding hydrogens is 278 g/mol. The van der Waals surface area contributed by atoms with Crippen LogP contribution >= 0.6 is 11.5 Å². The largest absolute Gasteiger partial charge is 0.462 e. The fourth-order valence-corrected chi connectivity index (χ4v) is 3.56. The van der Waals surface area contributed by atoms with Gasteiger partial charge in [0.2, 0.25) is 0 Å². The predicted molar refractivity (Wildman–Crippen MR) is 79.2 cm³/mol. The molecule has 1 heterocycles. The fourth-order valence-electron chi connectivity index (χ4n) is 2.66. The Hall–Kier alpha value is -1.34. The molecule has 1 saturated carbocycles. The normalized spacial score (nSPS) is 15.5. The summed E-state index contributed by atoms with van der Waals surface area (Å²) in [6.45, 7) is 2.59. The summed E-state index contributed by atoms with van der Waals surface area (Å²) in [6.07, 6.45) is 4.49. The number of carbonyl (C=O) groups is 1. The van der Waals surface area contributed by atoms with E-state index in [1.54, 1.807) is 6.92 Å². The average Bonchev–Trinajstić information content (AvgIpc) is 3.06. The minimum atomic E-state index is -0.435. The van der Waals surface area contributed by atoms with Crippen molar-refractivity contribution < 1.29 is 14.6 Å². The summed E-state index contributed by atoms with van der Waals surface area (Å²) in [5.74, 6) is -0.223. The third-order valence-corrected chi connectivity index (χ3v) is 4.45. The molecule has 0 bridgehead atoms. The molecule has 1 aromatic heterocycles. The van der Waals surface area contributed by atoms with Gasteiger partial charge in [-0.2, -0.15) is 4.37 Å². The molecule has 0 aliphatic heterocycles. The predicted octanol–water partition coefficient (Wildman–Crippen LogP) is 1.64. The van der Waals surface area contributed by atoms with Crippen LogP contribution < -0.4 is 10.6 Å². The number of esters is 1. The zero-order chi connectivity index (χ0) is 14.5. The van der Waals surface area contributed by atoms with Gasteiger partial charge in [-0.05, 0) is 31.3 Å². The number of nitrogen functional groups attached to an aromatic ring is 1. The molecule has 0 amide bonds. The molecule has 7 heteroatoms. The van der Waals surface area contributed by atoms with Crippen molar-refractivity contribution in [1.29, 1.82) is 0 Å². The Morgan fingerprint density at radius 1 is 1.55 bits per heavy atom. The molecule has 1 aliphatic rings. The van der Waals surface area contributed by atoms with Crippen LogP contribution in [0.1, 0.15) is 43.0 Å². The maximum Gasteiger partial charge on any atom is 0.345 e. The lowest BCUT2D eigenvalue weighted by Gasteiger charge is -2.29. The Labute approximate surface area is 122 Å². The summed E-state index contributed by atoms with van der Waals surface area (Å²) >= 11 is 1.20. The summed E-state index contributed by atoms with van der Waals surface area (Å²) in [5.41, 5.74) is 6.16. The van der Waals surface area contributed by atoms with E-state index in [-0.39, 0.29) is 12.4 Å². The standard InChI is InChI=1S/C13H21N3O3S/c1-2-19-13(18)10-11(14)15-20-12(10)16(7-8-17)9-5-3-4-6-9/h9,17H,2-8H2,1H3,(H2,14,15). The van der Waals surface area contributed by atoms with Gasteiger partial charge in [-0.1, -0.05) is 12.8 Å². The zero-order valence-corrected chi connectivity index (χ0v) is 12.5. The minimum Gasteiger partial charge on any atom is -0.462 e. The van der Waals surface area contributed by atoms with Gasteiger partial charge in [0.05, 0.1) is 13.2 Å². The van der Waals surface area contributed by atoms with E-state index in [1.165, 1.54) is 24.4 Å². The molecule has 112 valence electrons.